The number of aromatic nitrogens is 1. The van der Waals surface area contributed by atoms with E-state index in [2.05, 4.69) is 31.0 Å². The average molecular weight is 374 g/mol. The summed E-state index contributed by atoms with van der Waals surface area (Å²) in [5.74, 6) is -0.289. The molecule has 1 aliphatic heterocycles. The van der Waals surface area contributed by atoms with Gasteiger partial charge in [0.2, 0.25) is 5.88 Å². The van der Waals surface area contributed by atoms with E-state index in [1.807, 2.05) is 0 Å². The van der Waals surface area contributed by atoms with Gasteiger partial charge < -0.3 is 24.8 Å². The number of methoxy groups -OCH3 is 1. The molecule has 1 aromatic rings. The summed E-state index contributed by atoms with van der Waals surface area (Å²) in [5, 5.41) is 12.2. The van der Waals surface area contributed by atoms with Crippen molar-refractivity contribution in [1.29, 1.82) is 0 Å². The predicted molar refractivity (Wildman–Crippen MR) is 80.2 cm³/mol. The minimum Gasteiger partial charge on any atom is -0.475 e. The third-order valence-electron chi connectivity index (χ3n) is 3.16. The molecule has 0 saturated carbocycles. The molecule has 0 radical (unpaired) electrons. The Bertz CT molecular complexity index is 569. The van der Waals surface area contributed by atoms with E-state index in [0.29, 0.717) is 24.1 Å². The standard InChI is InChI=1S/C13H16BrN3O5/c1-21-12(18)10-3-2-9(14)11(16-10)22-7-8-6-17(13(19)20)5-4-15-8/h2-3,8,15H,4-7H2,1H3,(H,19,20)/t8-/m1/s1. The summed E-state index contributed by atoms with van der Waals surface area (Å²) in [5.41, 5.74) is 0.143. The Morgan fingerprint density at radius 2 is 2.32 bits per heavy atom. The second-order valence-electron chi connectivity index (χ2n) is 4.67. The molecule has 1 saturated heterocycles. The summed E-state index contributed by atoms with van der Waals surface area (Å²) in [6.07, 6.45) is -0.946. The van der Waals surface area contributed by atoms with Gasteiger partial charge in [0.1, 0.15) is 6.61 Å². The molecule has 1 atom stereocenters. The SMILES string of the molecule is COC(=O)c1ccc(Br)c(OC[C@H]2CN(C(=O)O)CCN2)n1. The highest BCUT2D eigenvalue weighted by atomic mass is 79.9. The van der Waals surface area contributed by atoms with Gasteiger partial charge in [0.15, 0.2) is 5.69 Å². The third-order valence-corrected chi connectivity index (χ3v) is 3.76. The first-order valence-electron chi connectivity index (χ1n) is 6.60. The maximum absolute atomic E-state index is 11.5. The van der Waals surface area contributed by atoms with Crippen LogP contribution in [-0.2, 0) is 4.74 Å². The number of ether oxygens (including phenoxy) is 2. The van der Waals surface area contributed by atoms with Gasteiger partial charge in [-0.3, -0.25) is 0 Å². The third kappa shape index (κ3) is 4.08. The summed E-state index contributed by atoms with van der Waals surface area (Å²) in [6.45, 7) is 1.59. The molecule has 0 aliphatic carbocycles. The lowest BCUT2D eigenvalue weighted by atomic mass is 10.2. The van der Waals surface area contributed by atoms with E-state index < -0.39 is 12.1 Å². The zero-order valence-electron chi connectivity index (χ0n) is 11.9. The van der Waals surface area contributed by atoms with Crippen LogP contribution < -0.4 is 10.1 Å². The molecule has 1 amide bonds. The molecule has 9 heteroatoms. The number of nitrogens with zero attached hydrogens (tertiary/aromatic N) is 2. The van der Waals surface area contributed by atoms with Gasteiger partial charge in [0.25, 0.3) is 0 Å². The highest BCUT2D eigenvalue weighted by molar-refractivity contribution is 9.10. The van der Waals surface area contributed by atoms with Gasteiger partial charge in [-0.25, -0.2) is 14.6 Å². The smallest absolute Gasteiger partial charge is 0.407 e. The lowest BCUT2D eigenvalue weighted by Crippen LogP contribution is -2.54. The van der Waals surface area contributed by atoms with E-state index in [1.54, 1.807) is 6.07 Å². The number of carbonyl (C=O) groups is 2. The number of rotatable bonds is 4. The molecule has 2 heterocycles. The van der Waals surface area contributed by atoms with Crippen LogP contribution in [0.3, 0.4) is 0 Å². The van der Waals surface area contributed by atoms with Crippen molar-refractivity contribution in [3.63, 3.8) is 0 Å². The van der Waals surface area contributed by atoms with Crippen LogP contribution in [0.2, 0.25) is 0 Å². The zero-order valence-corrected chi connectivity index (χ0v) is 13.5. The van der Waals surface area contributed by atoms with E-state index in [-0.39, 0.29) is 24.2 Å². The highest BCUT2D eigenvalue weighted by Gasteiger charge is 2.23. The van der Waals surface area contributed by atoms with Crippen LogP contribution in [0.4, 0.5) is 4.79 Å². The van der Waals surface area contributed by atoms with E-state index in [1.165, 1.54) is 18.1 Å². The lowest BCUT2D eigenvalue weighted by Gasteiger charge is -2.31. The van der Waals surface area contributed by atoms with Crippen LogP contribution in [0.25, 0.3) is 0 Å². The normalized spacial score (nSPS) is 17.9. The minimum absolute atomic E-state index is 0.139. The molecular weight excluding hydrogens is 358 g/mol. The maximum Gasteiger partial charge on any atom is 0.407 e. The van der Waals surface area contributed by atoms with Crippen molar-refractivity contribution >= 4 is 28.0 Å². The van der Waals surface area contributed by atoms with E-state index in [0.717, 1.165) is 0 Å². The Kier molecular flexibility index (Phi) is 5.56. The molecular formula is C13H16BrN3O5. The molecule has 0 aromatic carbocycles. The molecule has 1 aromatic heterocycles. The van der Waals surface area contributed by atoms with Gasteiger partial charge in [0.05, 0.1) is 17.6 Å². The van der Waals surface area contributed by atoms with Crippen LogP contribution in [0, 0.1) is 0 Å². The fourth-order valence-corrected chi connectivity index (χ4v) is 2.37. The number of carbonyl (C=O) groups excluding carboxylic acids is 1. The van der Waals surface area contributed by atoms with Crippen LogP contribution in [0.1, 0.15) is 10.5 Å². The number of esters is 1. The molecule has 0 bridgehead atoms. The lowest BCUT2D eigenvalue weighted by molar-refractivity contribution is 0.0592. The minimum atomic E-state index is -0.946. The summed E-state index contributed by atoms with van der Waals surface area (Å²) >= 11 is 3.30. The van der Waals surface area contributed by atoms with Gasteiger partial charge in [-0.2, -0.15) is 0 Å². The largest absolute Gasteiger partial charge is 0.475 e. The molecule has 8 nitrogen and oxygen atoms in total. The maximum atomic E-state index is 11.5. The Balaban J connectivity index is 1.99. The van der Waals surface area contributed by atoms with Crippen molar-refractivity contribution < 1.29 is 24.2 Å². The number of pyridine rings is 1. The first-order chi connectivity index (χ1) is 10.5. The predicted octanol–water partition coefficient (Wildman–Crippen LogP) is 0.961. The molecule has 0 spiro atoms. The fraction of sp³-hybridized carbons (Fsp3) is 0.462. The fourth-order valence-electron chi connectivity index (χ4n) is 2.03. The van der Waals surface area contributed by atoms with Crippen molar-refractivity contribution in [3.8, 4) is 5.88 Å². The Labute approximate surface area is 135 Å². The van der Waals surface area contributed by atoms with Gasteiger partial charge in [-0.15, -0.1) is 0 Å². The second kappa shape index (κ2) is 7.41. The van der Waals surface area contributed by atoms with E-state index in [4.69, 9.17) is 9.84 Å². The van der Waals surface area contributed by atoms with Crippen molar-refractivity contribution in [1.82, 2.24) is 15.2 Å². The number of amides is 1. The highest BCUT2D eigenvalue weighted by Crippen LogP contribution is 2.23. The van der Waals surface area contributed by atoms with E-state index >= 15 is 0 Å². The summed E-state index contributed by atoms with van der Waals surface area (Å²) in [7, 11) is 1.28. The number of piperazine rings is 1. The quantitative estimate of drug-likeness (QED) is 0.757. The van der Waals surface area contributed by atoms with Crippen molar-refractivity contribution in [2.45, 2.75) is 6.04 Å². The van der Waals surface area contributed by atoms with Crippen LogP contribution in [0.15, 0.2) is 16.6 Å². The molecule has 2 N–H and O–H groups in total. The number of nitrogens with one attached hydrogen (secondary N) is 1. The Hall–Kier alpha value is -1.87. The summed E-state index contributed by atoms with van der Waals surface area (Å²) in [4.78, 5) is 27.8. The molecule has 22 heavy (non-hydrogen) atoms. The number of hydrogen-bond donors (Lipinski definition) is 2. The molecule has 120 valence electrons. The van der Waals surface area contributed by atoms with Crippen molar-refractivity contribution in [3.05, 3.63) is 22.3 Å². The van der Waals surface area contributed by atoms with Crippen molar-refractivity contribution in [2.24, 2.45) is 0 Å². The van der Waals surface area contributed by atoms with Gasteiger partial charge >= 0.3 is 12.1 Å². The summed E-state index contributed by atoms with van der Waals surface area (Å²) in [6, 6.07) is 3.03. The van der Waals surface area contributed by atoms with E-state index in [9.17, 15) is 9.59 Å². The van der Waals surface area contributed by atoms with Crippen LogP contribution in [0.5, 0.6) is 5.88 Å². The van der Waals surface area contributed by atoms with Crippen molar-refractivity contribution in [2.75, 3.05) is 33.4 Å². The number of halogens is 1. The number of carboxylic acid groups (broad SMARTS) is 1. The average Bonchev–Trinajstić information content (AvgIpc) is 2.53. The first kappa shape index (κ1) is 16.5. The monoisotopic (exact) mass is 373 g/mol. The number of hydrogen-bond acceptors (Lipinski definition) is 6. The Morgan fingerprint density at radius 1 is 1.55 bits per heavy atom. The molecule has 1 fully saturated rings. The molecule has 1 aliphatic rings. The van der Waals surface area contributed by atoms with Gasteiger partial charge in [0, 0.05) is 19.6 Å². The molecule has 0 unspecified atom stereocenters. The zero-order chi connectivity index (χ0) is 16.1. The topological polar surface area (TPSA) is 101 Å². The molecule has 2 rings (SSSR count). The second-order valence-corrected chi connectivity index (χ2v) is 5.52. The first-order valence-corrected chi connectivity index (χ1v) is 7.39. The Morgan fingerprint density at radius 3 is 3.00 bits per heavy atom. The van der Waals surface area contributed by atoms with Crippen LogP contribution >= 0.6 is 15.9 Å². The van der Waals surface area contributed by atoms with Gasteiger partial charge in [-0.05, 0) is 28.1 Å². The van der Waals surface area contributed by atoms with Gasteiger partial charge in [-0.1, -0.05) is 0 Å². The van der Waals surface area contributed by atoms with Crippen LogP contribution in [-0.4, -0.2) is 66.4 Å². The summed E-state index contributed by atoms with van der Waals surface area (Å²) < 4.78 is 10.8.